The first kappa shape index (κ1) is 21.4. The summed E-state index contributed by atoms with van der Waals surface area (Å²) in [6, 6.07) is 28.6. The number of aliphatic imine (C=N–C) groups is 1. The number of amidine groups is 1. The Hall–Kier alpha value is -4.16. The van der Waals surface area contributed by atoms with Crippen LogP contribution in [0.3, 0.4) is 0 Å². The fraction of sp³-hybridized carbons (Fsp3) is 0.0345. The lowest BCUT2D eigenvalue weighted by Crippen LogP contribution is -2.19. The highest BCUT2D eigenvalue weighted by Gasteiger charge is 2.24. The minimum Gasteiger partial charge on any atom is -0.342 e. The summed E-state index contributed by atoms with van der Waals surface area (Å²) in [6.45, 7) is 0.608. The van der Waals surface area contributed by atoms with Gasteiger partial charge in [0.2, 0.25) is 0 Å². The molecule has 1 aliphatic rings. The zero-order chi connectivity index (χ0) is 23.8. The molecule has 1 aromatic heterocycles. The van der Waals surface area contributed by atoms with Crippen molar-refractivity contribution in [3.63, 3.8) is 0 Å². The lowest BCUT2D eigenvalue weighted by Gasteiger charge is -2.05. The number of nitrogens with one attached hydrogen (secondary N) is 1. The van der Waals surface area contributed by atoms with Gasteiger partial charge in [-0.1, -0.05) is 66.7 Å². The van der Waals surface area contributed by atoms with Crippen LogP contribution >= 0.6 is 11.8 Å². The number of fused-ring (bicyclic) bond motifs is 2. The summed E-state index contributed by atoms with van der Waals surface area (Å²) < 4.78 is 15.5. The maximum absolute atomic E-state index is 13.3. The molecule has 1 aliphatic heterocycles. The summed E-state index contributed by atoms with van der Waals surface area (Å²) in [5, 5.41) is 6.66. The molecule has 0 atom stereocenters. The summed E-state index contributed by atoms with van der Waals surface area (Å²) in [5.74, 6) is -0.411. The van der Waals surface area contributed by atoms with Crippen molar-refractivity contribution >= 4 is 56.3 Å². The van der Waals surface area contributed by atoms with Crippen molar-refractivity contribution in [2.75, 3.05) is 0 Å². The van der Waals surface area contributed by atoms with Gasteiger partial charge in [0.05, 0.1) is 10.6 Å². The molecule has 0 aliphatic carbocycles. The third-order valence-corrected chi connectivity index (χ3v) is 6.92. The Morgan fingerprint density at radius 2 is 1.63 bits per heavy atom. The SMILES string of the molecule is O=C1NC(=Nc2cccc3ccccc23)S/C1=C\c1cn(Cc2ccc(F)cc2)c2ccccc12. The monoisotopic (exact) mass is 477 g/mol. The lowest BCUT2D eigenvalue weighted by atomic mass is 10.1. The van der Waals surface area contributed by atoms with E-state index in [9.17, 15) is 9.18 Å². The molecule has 6 heteroatoms. The average Bonchev–Trinajstić information content (AvgIpc) is 3.40. The summed E-state index contributed by atoms with van der Waals surface area (Å²) >= 11 is 1.34. The predicted molar refractivity (Wildman–Crippen MR) is 142 cm³/mol. The minimum atomic E-state index is -0.248. The van der Waals surface area contributed by atoms with Gasteiger partial charge in [0.15, 0.2) is 5.17 Å². The van der Waals surface area contributed by atoms with Crippen LogP contribution in [0.15, 0.2) is 107 Å². The molecule has 4 nitrogen and oxygen atoms in total. The first-order valence-electron chi connectivity index (χ1n) is 11.2. The Balaban J connectivity index is 1.34. The van der Waals surface area contributed by atoms with Crippen molar-refractivity contribution in [1.82, 2.24) is 9.88 Å². The fourth-order valence-electron chi connectivity index (χ4n) is 4.34. The van der Waals surface area contributed by atoms with Crippen molar-refractivity contribution in [3.8, 4) is 0 Å². The van der Waals surface area contributed by atoms with Crippen LogP contribution in [0, 0.1) is 5.82 Å². The predicted octanol–water partition coefficient (Wildman–Crippen LogP) is 6.87. The van der Waals surface area contributed by atoms with Crippen LogP contribution in [0.2, 0.25) is 0 Å². The second-order valence-electron chi connectivity index (χ2n) is 8.34. The fourth-order valence-corrected chi connectivity index (χ4v) is 5.17. The summed E-state index contributed by atoms with van der Waals surface area (Å²) in [4.78, 5) is 18.1. The molecule has 1 N–H and O–H groups in total. The lowest BCUT2D eigenvalue weighted by molar-refractivity contribution is -0.115. The molecule has 0 unspecified atom stereocenters. The Bertz CT molecular complexity index is 1650. The van der Waals surface area contributed by atoms with E-state index in [2.05, 4.69) is 16.0 Å². The highest BCUT2D eigenvalue weighted by atomic mass is 32.2. The Morgan fingerprint density at radius 1 is 0.886 bits per heavy atom. The van der Waals surface area contributed by atoms with Gasteiger partial charge in [-0.2, -0.15) is 0 Å². The summed E-state index contributed by atoms with van der Waals surface area (Å²) in [7, 11) is 0. The number of hydrogen-bond donors (Lipinski definition) is 1. The standard InChI is InChI=1S/C29H20FN3OS/c30-22-14-12-19(13-15-22)17-33-18-21(24-9-3-4-11-26(24)33)16-27-28(34)32-29(35-27)31-25-10-5-7-20-6-1-2-8-23(20)25/h1-16,18H,17H2,(H,31,32,34)/b27-16-. The van der Waals surface area contributed by atoms with Gasteiger partial charge in [0, 0.05) is 34.6 Å². The van der Waals surface area contributed by atoms with Crippen LogP contribution in [-0.2, 0) is 11.3 Å². The molecule has 0 bridgehead atoms. The van der Waals surface area contributed by atoms with E-state index in [-0.39, 0.29) is 11.7 Å². The first-order valence-corrected chi connectivity index (χ1v) is 12.1. The number of aromatic nitrogens is 1. The van der Waals surface area contributed by atoms with E-state index in [1.54, 1.807) is 12.1 Å². The van der Waals surface area contributed by atoms with Crippen LogP contribution in [0.1, 0.15) is 11.1 Å². The normalized spacial score (nSPS) is 16.0. The molecular weight excluding hydrogens is 457 g/mol. The van der Waals surface area contributed by atoms with Crippen LogP contribution in [0.5, 0.6) is 0 Å². The van der Waals surface area contributed by atoms with Gasteiger partial charge in [0.25, 0.3) is 5.91 Å². The third kappa shape index (κ3) is 4.24. The van der Waals surface area contributed by atoms with E-state index in [4.69, 9.17) is 4.99 Å². The maximum atomic E-state index is 13.3. The summed E-state index contributed by atoms with van der Waals surface area (Å²) in [5.41, 5.74) is 3.83. The van der Waals surface area contributed by atoms with Crippen molar-refractivity contribution < 1.29 is 9.18 Å². The zero-order valence-electron chi connectivity index (χ0n) is 18.6. The quantitative estimate of drug-likeness (QED) is 0.287. The number of benzene rings is 4. The number of para-hydroxylation sites is 1. The molecule has 35 heavy (non-hydrogen) atoms. The molecule has 0 saturated carbocycles. The Labute approximate surface area is 205 Å². The molecule has 170 valence electrons. The molecule has 0 spiro atoms. The molecule has 1 amide bonds. The smallest absolute Gasteiger partial charge is 0.264 e. The van der Waals surface area contributed by atoms with Crippen molar-refractivity contribution in [2.24, 2.45) is 4.99 Å². The van der Waals surface area contributed by atoms with Gasteiger partial charge in [-0.25, -0.2) is 9.38 Å². The van der Waals surface area contributed by atoms with Gasteiger partial charge >= 0.3 is 0 Å². The van der Waals surface area contributed by atoms with E-state index in [0.29, 0.717) is 16.6 Å². The maximum Gasteiger partial charge on any atom is 0.264 e. The van der Waals surface area contributed by atoms with Crippen molar-refractivity contribution in [2.45, 2.75) is 6.54 Å². The number of halogens is 1. The largest absolute Gasteiger partial charge is 0.342 e. The second kappa shape index (κ2) is 8.89. The summed E-state index contributed by atoms with van der Waals surface area (Å²) in [6.07, 6.45) is 3.95. The van der Waals surface area contributed by atoms with Crippen LogP contribution in [0.4, 0.5) is 10.1 Å². The number of hydrogen-bond acceptors (Lipinski definition) is 3. The minimum absolute atomic E-state index is 0.163. The molecule has 2 heterocycles. The van der Waals surface area contributed by atoms with Gasteiger partial charge in [-0.3, -0.25) is 4.79 Å². The molecule has 1 fully saturated rings. The third-order valence-electron chi connectivity index (χ3n) is 6.01. The molecule has 5 aromatic rings. The Kier molecular flexibility index (Phi) is 5.43. The van der Waals surface area contributed by atoms with Crippen LogP contribution in [-0.4, -0.2) is 15.6 Å². The molecule has 6 rings (SSSR count). The second-order valence-corrected chi connectivity index (χ2v) is 9.37. The van der Waals surface area contributed by atoms with Gasteiger partial charge in [0.1, 0.15) is 5.82 Å². The van der Waals surface area contributed by atoms with Gasteiger partial charge in [-0.15, -0.1) is 0 Å². The number of thioether (sulfide) groups is 1. The number of nitrogens with zero attached hydrogens (tertiary/aromatic N) is 2. The molecule has 0 radical (unpaired) electrons. The zero-order valence-corrected chi connectivity index (χ0v) is 19.4. The van der Waals surface area contributed by atoms with E-state index >= 15 is 0 Å². The van der Waals surface area contributed by atoms with Crippen molar-refractivity contribution in [3.05, 3.63) is 119 Å². The average molecular weight is 478 g/mol. The Morgan fingerprint density at radius 3 is 2.49 bits per heavy atom. The number of amides is 1. The van der Waals surface area contributed by atoms with Crippen LogP contribution < -0.4 is 5.32 Å². The molecular formula is C29H20FN3OS. The topological polar surface area (TPSA) is 46.4 Å². The van der Waals surface area contributed by atoms with Gasteiger partial charge in [-0.05, 0) is 53.1 Å². The number of carbonyl (C=O) groups excluding carboxylic acids is 1. The van der Waals surface area contributed by atoms with Gasteiger partial charge < -0.3 is 9.88 Å². The molecule has 1 saturated heterocycles. The first-order chi connectivity index (χ1) is 17.1. The highest BCUT2D eigenvalue weighted by Crippen LogP contribution is 2.33. The number of carbonyl (C=O) groups is 1. The molecule has 4 aromatic carbocycles. The number of rotatable bonds is 4. The highest BCUT2D eigenvalue weighted by molar-refractivity contribution is 8.18. The van der Waals surface area contributed by atoms with Crippen molar-refractivity contribution in [1.29, 1.82) is 0 Å². The van der Waals surface area contributed by atoms with E-state index in [1.807, 2.05) is 72.9 Å². The van der Waals surface area contributed by atoms with E-state index in [1.165, 1.54) is 23.9 Å². The van der Waals surface area contributed by atoms with E-state index < -0.39 is 0 Å². The van der Waals surface area contributed by atoms with E-state index in [0.717, 1.165) is 38.5 Å². The van der Waals surface area contributed by atoms with Crippen LogP contribution in [0.25, 0.3) is 27.8 Å².